The number of carbonyl (C=O) groups is 1. The normalized spacial score (nSPS) is 12.4. The fraction of sp³-hybridized carbons (Fsp3) is 0.333. The van der Waals surface area contributed by atoms with Gasteiger partial charge in [0.2, 0.25) is 0 Å². The van der Waals surface area contributed by atoms with Gasteiger partial charge in [-0.15, -0.1) is 0 Å². The highest BCUT2D eigenvalue weighted by Crippen LogP contribution is 2.31. The third-order valence-corrected chi connectivity index (χ3v) is 6.46. The summed E-state index contributed by atoms with van der Waals surface area (Å²) in [5, 5.41) is 20.3. The van der Waals surface area contributed by atoms with Crippen LogP contribution >= 0.6 is 0 Å². The molecule has 0 amide bonds. The molecule has 4 rings (SSSR count). The summed E-state index contributed by atoms with van der Waals surface area (Å²) in [4.78, 5) is 21.8. The van der Waals surface area contributed by atoms with E-state index in [0.29, 0.717) is 22.8 Å². The van der Waals surface area contributed by atoms with E-state index in [0.717, 1.165) is 41.2 Å². The number of halogens is 3. The number of hydrogen-bond acceptors (Lipinski definition) is 7. The van der Waals surface area contributed by atoms with E-state index in [-0.39, 0.29) is 25.1 Å². The van der Waals surface area contributed by atoms with Crippen LogP contribution in [0.1, 0.15) is 57.8 Å². The van der Waals surface area contributed by atoms with Crippen LogP contribution in [0.25, 0.3) is 5.82 Å². The summed E-state index contributed by atoms with van der Waals surface area (Å²) in [7, 11) is 0. The number of nitrogens with one attached hydrogen (secondary N) is 2. The SMILES string of the molecule is CCc1cc(-n2nc(C)cc2Nc2cc(CC(=O)c3cc(CNC[C@H](C)O)cc(C(F)(F)F)c3)ccc2C)ncn1. The van der Waals surface area contributed by atoms with Crippen LogP contribution in [0.5, 0.6) is 0 Å². The average molecular weight is 567 g/mol. The quantitative estimate of drug-likeness (QED) is 0.206. The van der Waals surface area contributed by atoms with Crippen LogP contribution in [-0.4, -0.2) is 43.3 Å². The molecule has 0 fully saturated rings. The highest BCUT2D eigenvalue weighted by molar-refractivity contribution is 5.98. The van der Waals surface area contributed by atoms with E-state index in [1.165, 1.54) is 12.4 Å². The van der Waals surface area contributed by atoms with E-state index < -0.39 is 23.6 Å². The largest absolute Gasteiger partial charge is 0.416 e. The molecule has 216 valence electrons. The number of nitrogens with zero attached hydrogens (tertiary/aromatic N) is 4. The molecule has 0 bridgehead atoms. The van der Waals surface area contributed by atoms with Crippen LogP contribution in [-0.2, 0) is 25.6 Å². The first-order chi connectivity index (χ1) is 19.4. The highest BCUT2D eigenvalue weighted by atomic mass is 19.4. The number of aliphatic hydroxyl groups is 1. The molecule has 4 aromatic rings. The van der Waals surface area contributed by atoms with Crippen molar-refractivity contribution < 1.29 is 23.1 Å². The Morgan fingerprint density at radius 3 is 2.54 bits per heavy atom. The van der Waals surface area contributed by atoms with Crippen LogP contribution in [0.15, 0.2) is 54.9 Å². The lowest BCUT2D eigenvalue weighted by molar-refractivity contribution is -0.137. The van der Waals surface area contributed by atoms with Crippen molar-refractivity contribution >= 4 is 17.3 Å². The molecule has 0 aliphatic rings. The molecule has 1 atom stereocenters. The third kappa shape index (κ3) is 7.77. The molecule has 11 heteroatoms. The molecule has 2 aromatic carbocycles. The van der Waals surface area contributed by atoms with Crippen molar-refractivity contribution in [1.82, 2.24) is 25.1 Å². The van der Waals surface area contributed by atoms with E-state index in [1.54, 1.807) is 17.7 Å². The second kappa shape index (κ2) is 12.6. The Labute approximate surface area is 236 Å². The zero-order chi connectivity index (χ0) is 29.7. The number of aryl methyl sites for hydroxylation is 3. The molecule has 0 aliphatic heterocycles. The van der Waals surface area contributed by atoms with Gasteiger partial charge >= 0.3 is 6.18 Å². The Balaban J connectivity index is 1.58. The molecule has 3 N–H and O–H groups in total. The smallest absolute Gasteiger partial charge is 0.392 e. The van der Waals surface area contributed by atoms with Crippen LogP contribution in [0.3, 0.4) is 0 Å². The number of anilines is 2. The molecule has 2 heterocycles. The van der Waals surface area contributed by atoms with Gasteiger partial charge in [0.1, 0.15) is 12.1 Å². The predicted molar refractivity (Wildman–Crippen MR) is 151 cm³/mol. The Morgan fingerprint density at radius 1 is 1.05 bits per heavy atom. The van der Waals surface area contributed by atoms with Crippen molar-refractivity contribution in [1.29, 1.82) is 0 Å². The van der Waals surface area contributed by atoms with E-state index in [4.69, 9.17) is 0 Å². The number of aromatic nitrogens is 4. The van der Waals surface area contributed by atoms with Crippen molar-refractivity contribution in [3.05, 3.63) is 94.1 Å². The van der Waals surface area contributed by atoms with Gasteiger partial charge in [0.15, 0.2) is 11.6 Å². The van der Waals surface area contributed by atoms with Crippen LogP contribution < -0.4 is 10.6 Å². The van der Waals surface area contributed by atoms with E-state index in [1.807, 2.05) is 45.0 Å². The van der Waals surface area contributed by atoms with E-state index >= 15 is 0 Å². The molecule has 0 saturated carbocycles. The van der Waals surface area contributed by atoms with Crippen LogP contribution in [0.2, 0.25) is 0 Å². The number of aliphatic hydroxyl groups excluding tert-OH is 1. The fourth-order valence-corrected chi connectivity index (χ4v) is 4.34. The molecular weight excluding hydrogens is 533 g/mol. The van der Waals surface area contributed by atoms with Crippen LogP contribution in [0.4, 0.5) is 24.7 Å². The molecule has 41 heavy (non-hydrogen) atoms. The average Bonchev–Trinajstić information content (AvgIpc) is 3.29. The summed E-state index contributed by atoms with van der Waals surface area (Å²) in [5.74, 6) is 0.846. The number of alkyl halides is 3. The monoisotopic (exact) mass is 566 g/mol. The van der Waals surface area contributed by atoms with Gasteiger partial charge in [0, 0.05) is 48.6 Å². The first-order valence-corrected chi connectivity index (χ1v) is 13.3. The van der Waals surface area contributed by atoms with Gasteiger partial charge < -0.3 is 15.7 Å². The summed E-state index contributed by atoms with van der Waals surface area (Å²) in [6.45, 7) is 7.67. The number of hydrogen-bond donors (Lipinski definition) is 3. The number of rotatable bonds is 11. The van der Waals surface area contributed by atoms with Gasteiger partial charge in [-0.1, -0.05) is 19.1 Å². The Morgan fingerprint density at radius 2 is 1.83 bits per heavy atom. The molecule has 0 unspecified atom stereocenters. The Bertz CT molecular complexity index is 1530. The first-order valence-electron chi connectivity index (χ1n) is 13.3. The lowest BCUT2D eigenvalue weighted by atomic mass is 9.97. The van der Waals surface area contributed by atoms with Crippen LogP contribution in [0, 0.1) is 13.8 Å². The maximum atomic E-state index is 13.6. The van der Waals surface area contributed by atoms with Crippen molar-refractivity contribution in [3.8, 4) is 5.82 Å². The van der Waals surface area contributed by atoms with Crippen molar-refractivity contribution in [2.24, 2.45) is 0 Å². The maximum Gasteiger partial charge on any atom is 0.416 e. The number of ketones is 1. The summed E-state index contributed by atoms with van der Waals surface area (Å²) in [6.07, 6.45) is -3.09. The molecule has 0 saturated heterocycles. The second-order valence-corrected chi connectivity index (χ2v) is 10.1. The molecule has 0 aliphatic carbocycles. The van der Waals surface area contributed by atoms with Gasteiger partial charge in [-0.2, -0.15) is 23.0 Å². The minimum atomic E-state index is -4.60. The van der Waals surface area contributed by atoms with Crippen molar-refractivity contribution in [3.63, 3.8) is 0 Å². The third-order valence-electron chi connectivity index (χ3n) is 6.46. The predicted octanol–water partition coefficient (Wildman–Crippen LogP) is 5.50. The summed E-state index contributed by atoms with van der Waals surface area (Å²) < 4.78 is 42.5. The van der Waals surface area contributed by atoms with Gasteiger partial charge in [-0.05, 0) is 68.1 Å². The fourth-order valence-electron chi connectivity index (χ4n) is 4.34. The van der Waals surface area contributed by atoms with E-state index in [9.17, 15) is 23.1 Å². The minimum Gasteiger partial charge on any atom is -0.392 e. The zero-order valence-corrected chi connectivity index (χ0v) is 23.4. The number of Topliss-reactive ketones (excluding diaryl/α,β-unsaturated/α-hetero) is 1. The first kappa shape index (κ1) is 29.9. The molecule has 0 spiro atoms. The molecule has 0 radical (unpaired) electrons. The molecule has 2 aromatic heterocycles. The number of carbonyl (C=O) groups excluding carboxylic acids is 1. The lowest BCUT2D eigenvalue weighted by Crippen LogP contribution is -2.24. The maximum absolute atomic E-state index is 13.6. The summed E-state index contributed by atoms with van der Waals surface area (Å²) >= 11 is 0. The topological polar surface area (TPSA) is 105 Å². The summed E-state index contributed by atoms with van der Waals surface area (Å²) in [6, 6.07) is 12.6. The number of benzene rings is 2. The second-order valence-electron chi connectivity index (χ2n) is 10.1. The Kier molecular flexibility index (Phi) is 9.19. The zero-order valence-electron chi connectivity index (χ0n) is 23.4. The van der Waals surface area contributed by atoms with Gasteiger partial charge in [-0.3, -0.25) is 4.79 Å². The van der Waals surface area contributed by atoms with E-state index in [2.05, 4.69) is 25.7 Å². The van der Waals surface area contributed by atoms with Crippen molar-refractivity contribution in [2.75, 3.05) is 11.9 Å². The molecule has 8 nitrogen and oxygen atoms in total. The Hall–Kier alpha value is -4.09. The summed E-state index contributed by atoms with van der Waals surface area (Å²) in [5.41, 5.74) is 3.35. The van der Waals surface area contributed by atoms with Crippen molar-refractivity contribution in [2.45, 2.75) is 59.4 Å². The highest BCUT2D eigenvalue weighted by Gasteiger charge is 2.31. The van der Waals surface area contributed by atoms with Gasteiger partial charge in [-0.25, -0.2) is 9.97 Å². The van der Waals surface area contributed by atoms with Gasteiger partial charge in [0.25, 0.3) is 0 Å². The van der Waals surface area contributed by atoms with Gasteiger partial charge in [0.05, 0.1) is 17.4 Å². The lowest BCUT2D eigenvalue weighted by Gasteiger charge is -2.14. The standard InChI is InChI=1S/C30H33F3N6O2/c1-5-25-14-28(36-17-35-25)39-29(8-19(3)38-39)37-26-11-21(7-6-18(26)2)12-27(41)23-9-22(16-34-15-20(4)40)10-24(13-23)30(31,32)33/h6-11,13-14,17,20,34,37,40H,5,12,15-16H2,1-4H3/t20-/m0/s1. The molecular formula is C30H33F3N6O2. The minimum absolute atomic E-state index is 0.0204.